The second-order valence-electron chi connectivity index (χ2n) is 4.58. The van der Waals surface area contributed by atoms with Gasteiger partial charge in [0, 0.05) is 6.54 Å². The molecular formula is C13H26N2O2. The summed E-state index contributed by atoms with van der Waals surface area (Å²) in [6.45, 7) is 8.15. The van der Waals surface area contributed by atoms with Gasteiger partial charge < -0.3 is 15.0 Å². The summed E-state index contributed by atoms with van der Waals surface area (Å²) in [4.78, 5) is 14.2. The lowest BCUT2D eigenvalue weighted by Crippen LogP contribution is -2.47. The first-order valence-electron chi connectivity index (χ1n) is 6.90. The second kappa shape index (κ2) is 8.48. The fourth-order valence-corrected chi connectivity index (χ4v) is 2.29. The van der Waals surface area contributed by atoms with E-state index in [1.807, 2.05) is 13.8 Å². The molecule has 1 N–H and O–H groups in total. The number of esters is 1. The molecule has 0 aromatic heterocycles. The largest absolute Gasteiger partial charge is 0.465 e. The van der Waals surface area contributed by atoms with E-state index in [1.165, 1.54) is 25.7 Å². The van der Waals surface area contributed by atoms with Crippen molar-refractivity contribution in [3.8, 4) is 0 Å². The molecule has 0 aromatic rings. The van der Waals surface area contributed by atoms with Gasteiger partial charge in [-0.25, -0.2) is 0 Å². The van der Waals surface area contributed by atoms with Gasteiger partial charge in [-0.05, 0) is 39.4 Å². The number of carbonyl (C=O) groups excluding carboxylic acids is 1. The van der Waals surface area contributed by atoms with Crippen LogP contribution in [0.5, 0.6) is 0 Å². The molecule has 1 unspecified atom stereocenters. The van der Waals surface area contributed by atoms with E-state index < -0.39 is 0 Å². The smallest absolute Gasteiger partial charge is 0.324 e. The molecule has 1 rings (SSSR count). The highest BCUT2D eigenvalue weighted by Crippen LogP contribution is 2.10. The van der Waals surface area contributed by atoms with Crippen LogP contribution in [0.3, 0.4) is 0 Å². The molecule has 0 saturated carbocycles. The Morgan fingerprint density at radius 3 is 2.41 bits per heavy atom. The van der Waals surface area contributed by atoms with Crippen molar-refractivity contribution in [2.75, 3.05) is 32.8 Å². The molecule has 100 valence electrons. The zero-order valence-corrected chi connectivity index (χ0v) is 11.2. The van der Waals surface area contributed by atoms with Crippen molar-refractivity contribution in [1.29, 1.82) is 0 Å². The van der Waals surface area contributed by atoms with Gasteiger partial charge in [0.15, 0.2) is 0 Å². The number of hydrogen-bond donors (Lipinski definition) is 1. The molecule has 1 heterocycles. The molecule has 4 nitrogen and oxygen atoms in total. The summed E-state index contributed by atoms with van der Waals surface area (Å²) in [5.74, 6) is -0.112. The third-order valence-corrected chi connectivity index (χ3v) is 3.16. The standard InChI is InChI=1S/C13H26N2O2/c1-3-14-12(13(16)17-4-2)11-15-9-7-5-6-8-10-15/h12,14H,3-11H2,1-2H3. The molecule has 0 radical (unpaired) electrons. The van der Waals surface area contributed by atoms with Gasteiger partial charge in [0.05, 0.1) is 6.61 Å². The van der Waals surface area contributed by atoms with Gasteiger partial charge in [-0.1, -0.05) is 19.8 Å². The normalized spacial score (nSPS) is 19.6. The van der Waals surface area contributed by atoms with Gasteiger partial charge in [0.1, 0.15) is 6.04 Å². The Kier molecular flexibility index (Phi) is 7.21. The van der Waals surface area contributed by atoms with Gasteiger partial charge in [-0.15, -0.1) is 0 Å². The van der Waals surface area contributed by atoms with E-state index in [0.717, 1.165) is 26.2 Å². The highest BCUT2D eigenvalue weighted by Gasteiger charge is 2.22. The molecule has 17 heavy (non-hydrogen) atoms. The van der Waals surface area contributed by atoms with Crippen LogP contribution in [-0.2, 0) is 9.53 Å². The maximum Gasteiger partial charge on any atom is 0.324 e. The zero-order chi connectivity index (χ0) is 12.5. The van der Waals surface area contributed by atoms with Crippen LogP contribution in [0.2, 0.25) is 0 Å². The van der Waals surface area contributed by atoms with E-state index in [9.17, 15) is 4.79 Å². The van der Waals surface area contributed by atoms with Gasteiger partial charge in [0.2, 0.25) is 0 Å². The zero-order valence-electron chi connectivity index (χ0n) is 11.2. The summed E-state index contributed by atoms with van der Waals surface area (Å²) < 4.78 is 5.10. The van der Waals surface area contributed by atoms with Crippen LogP contribution < -0.4 is 5.32 Å². The Morgan fingerprint density at radius 2 is 1.88 bits per heavy atom. The van der Waals surface area contributed by atoms with Crippen LogP contribution in [-0.4, -0.2) is 49.7 Å². The quantitative estimate of drug-likeness (QED) is 0.715. The Hall–Kier alpha value is -0.610. The van der Waals surface area contributed by atoms with Gasteiger partial charge >= 0.3 is 5.97 Å². The van der Waals surface area contributed by atoms with Crippen LogP contribution in [0.4, 0.5) is 0 Å². The van der Waals surface area contributed by atoms with E-state index in [1.54, 1.807) is 0 Å². The lowest BCUT2D eigenvalue weighted by molar-refractivity contribution is -0.146. The molecule has 0 spiro atoms. The SMILES string of the molecule is CCNC(CN1CCCCCC1)C(=O)OCC. The summed E-state index contributed by atoms with van der Waals surface area (Å²) >= 11 is 0. The number of likely N-dealkylation sites (N-methyl/N-ethyl adjacent to an activating group) is 1. The number of ether oxygens (including phenoxy) is 1. The number of likely N-dealkylation sites (tertiary alicyclic amines) is 1. The Morgan fingerprint density at radius 1 is 1.24 bits per heavy atom. The third kappa shape index (κ3) is 5.50. The van der Waals surface area contributed by atoms with Crippen LogP contribution in [0.25, 0.3) is 0 Å². The van der Waals surface area contributed by atoms with E-state index in [-0.39, 0.29) is 12.0 Å². The first kappa shape index (κ1) is 14.5. The van der Waals surface area contributed by atoms with Gasteiger partial charge in [0.25, 0.3) is 0 Å². The van der Waals surface area contributed by atoms with Crippen LogP contribution in [0.1, 0.15) is 39.5 Å². The topological polar surface area (TPSA) is 41.6 Å². The summed E-state index contributed by atoms with van der Waals surface area (Å²) in [5.41, 5.74) is 0. The predicted octanol–water partition coefficient (Wildman–Crippen LogP) is 1.40. The molecule has 1 atom stereocenters. The van der Waals surface area contributed by atoms with E-state index >= 15 is 0 Å². The third-order valence-electron chi connectivity index (χ3n) is 3.16. The van der Waals surface area contributed by atoms with Gasteiger partial charge in [-0.3, -0.25) is 4.79 Å². The van der Waals surface area contributed by atoms with Gasteiger partial charge in [-0.2, -0.15) is 0 Å². The van der Waals surface area contributed by atoms with Crippen molar-refractivity contribution >= 4 is 5.97 Å². The second-order valence-corrected chi connectivity index (χ2v) is 4.58. The van der Waals surface area contributed by atoms with Crippen molar-refractivity contribution < 1.29 is 9.53 Å². The number of rotatable bonds is 6. The number of nitrogens with one attached hydrogen (secondary N) is 1. The first-order valence-corrected chi connectivity index (χ1v) is 6.90. The van der Waals surface area contributed by atoms with Crippen LogP contribution in [0.15, 0.2) is 0 Å². The van der Waals surface area contributed by atoms with Crippen molar-refractivity contribution in [3.63, 3.8) is 0 Å². The fraction of sp³-hybridized carbons (Fsp3) is 0.923. The molecule has 1 saturated heterocycles. The van der Waals surface area contributed by atoms with E-state index in [2.05, 4.69) is 10.2 Å². The first-order chi connectivity index (χ1) is 8.27. The average molecular weight is 242 g/mol. The lowest BCUT2D eigenvalue weighted by Gasteiger charge is -2.25. The summed E-state index contributed by atoms with van der Waals surface area (Å²) in [6, 6.07) is -0.168. The Balaban J connectivity index is 2.43. The highest BCUT2D eigenvalue weighted by atomic mass is 16.5. The predicted molar refractivity (Wildman–Crippen MR) is 69.0 cm³/mol. The monoisotopic (exact) mass is 242 g/mol. The Labute approximate surface area is 105 Å². The van der Waals surface area contributed by atoms with Crippen molar-refractivity contribution in [2.45, 2.75) is 45.6 Å². The summed E-state index contributed by atoms with van der Waals surface area (Å²) in [7, 11) is 0. The Bertz CT molecular complexity index is 213. The van der Waals surface area contributed by atoms with Crippen molar-refractivity contribution in [1.82, 2.24) is 10.2 Å². The van der Waals surface area contributed by atoms with Crippen LogP contribution >= 0.6 is 0 Å². The van der Waals surface area contributed by atoms with Crippen LogP contribution in [0, 0.1) is 0 Å². The minimum atomic E-state index is -0.168. The number of carbonyl (C=O) groups is 1. The molecule has 4 heteroatoms. The molecule has 0 amide bonds. The molecule has 0 aliphatic carbocycles. The van der Waals surface area contributed by atoms with Crippen molar-refractivity contribution in [3.05, 3.63) is 0 Å². The highest BCUT2D eigenvalue weighted by molar-refractivity contribution is 5.76. The molecule has 1 fully saturated rings. The summed E-state index contributed by atoms with van der Waals surface area (Å²) in [5, 5.41) is 3.22. The fourth-order valence-electron chi connectivity index (χ4n) is 2.29. The molecule has 0 bridgehead atoms. The minimum absolute atomic E-state index is 0.112. The van der Waals surface area contributed by atoms with E-state index in [0.29, 0.717) is 6.61 Å². The lowest BCUT2D eigenvalue weighted by atomic mass is 10.2. The van der Waals surface area contributed by atoms with Crippen molar-refractivity contribution in [2.24, 2.45) is 0 Å². The molecule has 1 aliphatic rings. The molecule has 1 aliphatic heterocycles. The number of hydrogen-bond acceptors (Lipinski definition) is 4. The molecule has 0 aromatic carbocycles. The van der Waals surface area contributed by atoms with E-state index in [4.69, 9.17) is 4.74 Å². The summed E-state index contributed by atoms with van der Waals surface area (Å²) in [6.07, 6.45) is 5.15. The molecular weight excluding hydrogens is 216 g/mol. The maximum absolute atomic E-state index is 11.8. The maximum atomic E-state index is 11.8. The minimum Gasteiger partial charge on any atom is -0.465 e. The number of nitrogens with zero attached hydrogens (tertiary/aromatic N) is 1. The average Bonchev–Trinajstić information content (AvgIpc) is 2.57.